The average Bonchev–Trinajstić information content (AvgIpc) is 2.72. The van der Waals surface area contributed by atoms with E-state index in [0.717, 1.165) is 18.5 Å². The number of aromatic hydroxyl groups is 1. The summed E-state index contributed by atoms with van der Waals surface area (Å²) in [5.41, 5.74) is 1.77. The van der Waals surface area contributed by atoms with Gasteiger partial charge in [-0.3, -0.25) is 4.90 Å². The van der Waals surface area contributed by atoms with Crippen molar-refractivity contribution in [1.29, 1.82) is 0 Å². The topological polar surface area (TPSA) is 72.1 Å². The van der Waals surface area contributed by atoms with Gasteiger partial charge in [-0.15, -0.1) is 0 Å². The van der Waals surface area contributed by atoms with Crippen LogP contribution in [0.1, 0.15) is 19.4 Å². The van der Waals surface area contributed by atoms with Gasteiger partial charge in [0.15, 0.2) is 11.5 Å². The highest BCUT2D eigenvalue weighted by Crippen LogP contribution is 2.35. The van der Waals surface area contributed by atoms with E-state index in [4.69, 9.17) is 13.9 Å². The number of hydrogen-bond acceptors (Lipinski definition) is 6. The van der Waals surface area contributed by atoms with Crippen LogP contribution >= 0.6 is 0 Å². The Morgan fingerprint density at radius 2 is 1.75 bits per heavy atom. The lowest BCUT2D eigenvalue weighted by Crippen LogP contribution is -2.22. The molecule has 2 heterocycles. The molecule has 1 aliphatic rings. The smallest absolute Gasteiger partial charge is 0.344 e. The van der Waals surface area contributed by atoms with Crippen LogP contribution in [0.5, 0.6) is 17.2 Å². The highest BCUT2D eigenvalue weighted by molar-refractivity contribution is 5.86. The average molecular weight is 381 g/mol. The van der Waals surface area contributed by atoms with Crippen molar-refractivity contribution in [2.45, 2.75) is 20.4 Å². The minimum Gasteiger partial charge on any atom is -0.507 e. The molecule has 0 saturated heterocycles. The third-order valence-electron chi connectivity index (χ3n) is 5.11. The van der Waals surface area contributed by atoms with Crippen molar-refractivity contribution >= 4 is 11.0 Å². The first-order chi connectivity index (χ1) is 13.6. The fourth-order valence-corrected chi connectivity index (χ4v) is 3.47. The van der Waals surface area contributed by atoms with Crippen molar-refractivity contribution < 1.29 is 19.0 Å². The summed E-state index contributed by atoms with van der Waals surface area (Å²) in [6.07, 6.45) is 0. The number of benzene rings is 2. The van der Waals surface area contributed by atoms with Crippen LogP contribution in [0.15, 0.2) is 45.6 Å². The minimum atomic E-state index is -0.449. The molecule has 0 fully saturated rings. The number of phenols is 1. The van der Waals surface area contributed by atoms with Crippen LogP contribution in [0.4, 0.5) is 0 Å². The Bertz CT molecular complexity index is 1070. The zero-order chi connectivity index (χ0) is 19.7. The highest BCUT2D eigenvalue weighted by atomic mass is 16.6. The Balaban J connectivity index is 1.81. The molecule has 0 atom stereocenters. The van der Waals surface area contributed by atoms with Gasteiger partial charge in [-0.2, -0.15) is 0 Å². The van der Waals surface area contributed by atoms with E-state index in [1.54, 1.807) is 30.3 Å². The number of nitrogens with zero attached hydrogens (tertiary/aromatic N) is 1. The van der Waals surface area contributed by atoms with E-state index in [2.05, 4.69) is 18.7 Å². The lowest BCUT2D eigenvalue weighted by atomic mass is 10.0. The Morgan fingerprint density at radius 3 is 2.50 bits per heavy atom. The summed E-state index contributed by atoms with van der Waals surface area (Å²) >= 11 is 0. The Morgan fingerprint density at radius 1 is 1.00 bits per heavy atom. The predicted molar refractivity (Wildman–Crippen MR) is 107 cm³/mol. The number of ether oxygens (including phenoxy) is 2. The van der Waals surface area contributed by atoms with Gasteiger partial charge in [-0.25, -0.2) is 4.79 Å². The van der Waals surface area contributed by atoms with Crippen LogP contribution in [-0.4, -0.2) is 36.3 Å². The maximum atomic E-state index is 12.8. The third-order valence-corrected chi connectivity index (χ3v) is 5.11. The lowest BCUT2D eigenvalue weighted by Gasteiger charge is -2.20. The summed E-state index contributed by atoms with van der Waals surface area (Å²) in [6.45, 7) is 7.31. The summed E-state index contributed by atoms with van der Waals surface area (Å²) in [6, 6.07) is 10.6. The zero-order valence-corrected chi connectivity index (χ0v) is 16.0. The van der Waals surface area contributed by atoms with Gasteiger partial charge < -0.3 is 19.0 Å². The molecule has 28 heavy (non-hydrogen) atoms. The molecular weight excluding hydrogens is 358 g/mol. The second kappa shape index (κ2) is 7.56. The third kappa shape index (κ3) is 3.31. The molecule has 1 N–H and O–H groups in total. The first-order valence-electron chi connectivity index (χ1n) is 9.51. The highest BCUT2D eigenvalue weighted by Gasteiger charge is 2.18. The molecule has 2 aromatic carbocycles. The number of rotatable bonds is 5. The van der Waals surface area contributed by atoms with E-state index in [1.807, 2.05) is 6.07 Å². The van der Waals surface area contributed by atoms with Gasteiger partial charge in [0.05, 0.1) is 11.1 Å². The molecule has 146 valence electrons. The zero-order valence-electron chi connectivity index (χ0n) is 16.0. The quantitative estimate of drug-likeness (QED) is 0.678. The fourth-order valence-electron chi connectivity index (χ4n) is 3.47. The maximum Gasteiger partial charge on any atom is 0.344 e. The minimum absolute atomic E-state index is 0.134. The molecule has 3 aromatic rings. The van der Waals surface area contributed by atoms with E-state index in [9.17, 15) is 9.90 Å². The summed E-state index contributed by atoms with van der Waals surface area (Å²) in [5, 5.41) is 11.1. The summed E-state index contributed by atoms with van der Waals surface area (Å²) in [5.74, 6) is 1.43. The van der Waals surface area contributed by atoms with Crippen LogP contribution in [0, 0.1) is 0 Å². The maximum absolute atomic E-state index is 12.8. The first-order valence-corrected chi connectivity index (χ1v) is 9.51. The monoisotopic (exact) mass is 381 g/mol. The van der Waals surface area contributed by atoms with Gasteiger partial charge in [-0.1, -0.05) is 19.9 Å². The molecule has 0 aliphatic carbocycles. The van der Waals surface area contributed by atoms with Crippen LogP contribution < -0.4 is 15.1 Å². The second-order valence-electron chi connectivity index (χ2n) is 6.75. The molecule has 6 heteroatoms. The normalized spacial score (nSPS) is 13.2. The summed E-state index contributed by atoms with van der Waals surface area (Å²) in [7, 11) is 0. The standard InChI is InChI=1S/C22H23NO5/c1-3-23(4-2)13-17-18(24)7-5-15-11-16(22(25)28-21(15)17)14-6-8-19-20(12-14)27-10-9-26-19/h5-8,11-12,24H,3-4,9-10,13H2,1-2H3. The van der Waals surface area contributed by atoms with E-state index in [1.165, 1.54) is 0 Å². The molecule has 0 saturated carbocycles. The molecule has 1 aromatic heterocycles. The van der Waals surface area contributed by atoms with E-state index in [0.29, 0.717) is 53.5 Å². The Hall–Kier alpha value is -2.99. The predicted octanol–water partition coefficient (Wildman–Crippen LogP) is 3.78. The van der Waals surface area contributed by atoms with E-state index in [-0.39, 0.29) is 5.75 Å². The van der Waals surface area contributed by atoms with E-state index >= 15 is 0 Å². The van der Waals surface area contributed by atoms with Crippen molar-refractivity contribution in [2.75, 3.05) is 26.3 Å². The molecule has 0 spiro atoms. The van der Waals surface area contributed by atoms with Crippen LogP contribution in [0.25, 0.3) is 22.1 Å². The van der Waals surface area contributed by atoms with Gasteiger partial charge >= 0.3 is 5.63 Å². The molecule has 0 bridgehead atoms. The van der Waals surface area contributed by atoms with Gasteiger partial charge in [0.1, 0.15) is 24.5 Å². The van der Waals surface area contributed by atoms with Crippen molar-refractivity contribution in [2.24, 2.45) is 0 Å². The molecule has 0 amide bonds. The van der Waals surface area contributed by atoms with Gasteiger partial charge in [-0.05, 0) is 49.0 Å². The van der Waals surface area contributed by atoms with Gasteiger partial charge in [0.2, 0.25) is 0 Å². The van der Waals surface area contributed by atoms with Crippen molar-refractivity contribution in [1.82, 2.24) is 4.90 Å². The number of phenolic OH excluding ortho intramolecular Hbond substituents is 1. The van der Waals surface area contributed by atoms with Crippen LogP contribution in [0.2, 0.25) is 0 Å². The van der Waals surface area contributed by atoms with Crippen molar-refractivity contribution in [3.8, 4) is 28.4 Å². The second-order valence-corrected chi connectivity index (χ2v) is 6.75. The SMILES string of the molecule is CCN(CC)Cc1c(O)ccc2cc(-c3ccc4c(c3)OCCO4)c(=O)oc12. The fraction of sp³-hybridized carbons (Fsp3) is 0.318. The van der Waals surface area contributed by atoms with Crippen LogP contribution in [0.3, 0.4) is 0 Å². The van der Waals surface area contributed by atoms with Gasteiger partial charge in [0.25, 0.3) is 0 Å². The molecule has 4 rings (SSSR count). The van der Waals surface area contributed by atoms with Gasteiger partial charge in [0, 0.05) is 11.9 Å². The molecule has 1 aliphatic heterocycles. The Kier molecular flexibility index (Phi) is 4.96. The van der Waals surface area contributed by atoms with Crippen LogP contribution in [-0.2, 0) is 6.54 Å². The number of fused-ring (bicyclic) bond motifs is 2. The van der Waals surface area contributed by atoms with E-state index < -0.39 is 5.63 Å². The molecule has 0 unspecified atom stereocenters. The molecule has 0 radical (unpaired) electrons. The van der Waals surface area contributed by atoms with Crippen molar-refractivity contribution in [3.05, 3.63) is 52.4 Å². The lowest BCUT2D eigenvalue weighted by molar-refractivity contribution is 0.171. The van der Waals surface area contributed by atoms with Crippen molar-refractivity contribution in [3.63, 3.8) is 0 Å². The summed E-state index contributed by atoms with van der Waals surface area (Å²) < 4.78 is 16.8. The molecule has 6 nitrogen and oxygen atoms in total. The first kappa shape index (κ1) is 18.4. The summed E-state index contributed by atoms with van der Waals surface area (Å²) in [4.78, 5) is 14.9. The Labute approximate surface area is 162 Å². The largest absolute Gasteiger partial charge is 0.507 e. The molecular formula is C22H23NO5. The number of hydrogen-bond donors (Lipinski definition) is 1.